The summed E-state index contributed by atoms with van der Waals surface area (Å²) >= 11 is 0. The predicted molar refractivity (Wildman–Crippen MR) is 55.7 cm³/mol. The number of allylic oxidation sites excluding steroid dienone is 1. The summed E-state index contributed by atoms with van der Waals surface area (Å²) < 4.78 is 0. The maximum Gasteiger partial charge on any atom is 0.161 e. The molecule has 1 rings (SSSR count). The molecule has 3 heteroatoms. The first-order valence-electron chi connectivity index (χ1n) is 4.49. The lowest BCUT2D eigenvalue weighted by molar-refractivity contribution is -0.114. The van der Waals surface area contributed by atoms with Gasteiger partial charge in [-0.2, -0.15) is 0 Å². The minimum absolute atomic E-state index is 0.0284. The van der Waals surface area contributed by atoms with Crippen molar-refractivity contribution in [3.63, 3.8) is 0 Å². The summed E-state index contributed by atoms with van der Waals surface area (Å²) in [4.78, 5) is 15.2. The third kappa shape index (κ3) is 2.78. The fourth-order valence-electron chi connectivity index (χ4n) is 1.13. The van der Waals surface area contributed by atoms with Crippen molar-refractivity contribution in [3.05, 3.63) is 42.2 Å². The molecule has 0 aliphatic heterocycles. The zero-order valence-corrected chi connectivity index (χ0v) is 8.23. The topological polar surface area (TPSA) is 56.0 Å². The largest absolute Gasteiger partial charge is 0.324 e. The minimum atomic E-state index is -0.0319. The van der Waals surface area contributed by atoms with Crippen molar-refractivity contribution in [2.45, 2.75) is 19.4 Å². The summed E-state index contributed by atoms with van der Waals surface area (Å²) in [6.45, 7) is 5.31. The van der Waals surface area contributed by atoms with Crippen LogP contribution in [0.4, 0.5) is 0 Å². The number of ketones is 1. The Balaban J connectivity index is 2.83. The van der Waals surface area contributed by atoms with Gasteiger partial charge in [-0.1, -0.05) is 6.58 Å². The van der Waals surface area contributed by atoms with Crippen LogP contribution in [0.1, 0.15) is 24.2 Å². The van der Waals surface area contributed by atoms with Crippen LogP contribution in [0.5, 0.6) is 0 Å². The molecular formula is C11H14N2O. The van der Waals surface area contributed by atoms with Gasteiger partial charge in [0.25, 0.3) is 0 Å². The Morgan fingerprint density at radius 1 is 1.79 bits per heavy atom. The normalized spacial score (nSPS) is 12.1. The maximum atomic E-state index is 11.1. The fraction of sp³-hybridized carbons (Fsp3) is 0.273. The van der Waals surface area contributed by atoms with Gasteiger partial charge >= 0.3 is 0 Å². The summed E-state index contributed by atoms with van der Waals surface area (Å²) in [5.41, 5.74) is 7.45. The Morgan fingerprint density at radius 3 is 3.07 bits per heavy atom. The summed E-state index contributed by atoms with van der Waals surface area (Å²) in [5, 5.41) is 0. The first-order valence-corrected chi connectivity index (χ1v) is 4.49. The monoisotopic (exact) mass is 190 g/mol. The third-order valence-electron chi connectivity index (χ3n) is 1.95. The van der Waals surface area contributed by atoms with Crippen molar-refractivity contribution in [2.75, 3.05) is 0 Å². The standard InChI is InChI=1S/C11H14N2O/c1-3-11(14)7-10-6-9(8(2)12)4-5-13-10/h3-6,8H,1,7,12H2,2H3. The first-order chi connectivity index (χ1) is 6.63. The second-order valence-electron chi connectivity index (χ2n) is 3.22. The van der Waals surface area contributed by atoms with E-state index < -0.39 is 0 Å². The van der Waals surface area contributed by atoms with E-state index in [1.54, 1.807) is 6.20 Å². The van der Waals surface area contributed by atoms with E-state index in [0.717, 1.165) is 11.3 Å². The quantitative estimate of drug-likeness (QED) is 0.730. The molecule has 1 atom stereocenters. The lowest BCUT2D eigenvalue weighted by Gasteiger charge is -2.06. The van der Waals surface area contributed by atoms with Crippen molar-refractivity contribution in [1.29, 1.82) is 0 Å². The highest BCUT2D eigenvalue weighted by Crippen LogP contribution is 2.10. The van der Waals surface area contributed by atoms with Gasteiger partial charge in [0.2, 0.25) is 0 Å². The molecule has 74 valence electrons. The summed E-state index contributed by atoms with van der Waals surface area (Å²) in [6, 6.07) is 3.68. The number of carbonyl (C=O) groups is 1. The van der Waals surface area contributed by atoms with Crippen LogP contribution in [0, 0.1) is 0 Å². The van der Waals surface area contributed by atoms with E-state index in [0.29, 0.717) is 6.42 Å². The van der Waals surface area contributed by atoms with E-state index in [2.05, 4.69) is 11.6 Å². The minimum Gasteiger partial charge on any atom is -0.324 e. The summed E-state index contributed by atoms with van der Waals surface area (Å²) in [5.74, 6) is -0.0284. The highest BCUT2D eigenvalue weighted by molar-refractivity contribution is 5.90. The van der Waals surface area contributed by atoms with Crippen LogP contribution < -0.4 is 5.73 Å². The molecule has 0 saturated carbocycles. The van der Waals surface area contributed by atoms with Gasteiger partial charge in [0, 0.05) is 17.9 Å². The highest BCUT2D eigenvalue weighted by atomic mass is 16.1. The second-order valence-corrected chi connectivity index (χ2v) is 3.22. The van der Waals surface area contributed by atoms with E-state index in [-0.39, 0.29) is 11.8 Å². The van der Waals surface area contributed by atoms with E-state index in [4.69, 9.17) is 5.73 Å². The van der Waals surface area contributed by atoms with Gasteiger partial charge in [0.05, 0.1) is 6.42 Å². The van der Waals surface area contributed by atoms with E-state index in [1.165, 1.54) is 6.08 Å². The van der Waals surface area contributed by atoms with Crippen molar-refractivity contribution >= 4 is 5.78 Å². The average molecular weight is 190 g/mol. The molecule has 14 heavy (non-hydrogen) atoms. The number of hydrogen-bond acceptors (Lipinski definition) is 3. The molecule has 0 aromatic carbocycles. The van der Waals surface area contributed by atoms with Crippen LogP contribution in [0.25, 0.3) is 0 Å². The number of aromatic nitrogens is 1. The molecular weight excluding hydrogens is 176 g/mol. The lowest BCUT2D eigenvalue weighted by Crippen LogP contribution is -2.07. The Kier molecular flexibility index (Phi) is 3.54. The molecule has 2 N–H and O–H groups in total. The van der Waals surface area contributed by atoms with Crippen molar-refractivity contribution in [3.8, 4) is 0 Å². The third-order valence-corrected chi connectivity index (χ3v) is 1.95. The fourth-order valence-corrected chi connectivity index (χ4v) is 1.13. The number of nitrogens with two attached hydrogens (primary N) is 1. The number of pyridine rings is 1. The molecule has 1 heterocycles. The van der Waals surface area contributed by atoms with Gasteiger partial charge in [0.1, 0.15) is 0 Å². The van der Waals surface area contributed by atoms with Crippen molar-refractivity contribution < 1.29 is 4.79 Å². The molecule has 0 radical (unpaired) electrons. The molecule has 0 amide bonds. The molecule has 1 unspecified atom stereocenters. The van der Waals surface area contributed by atoms with Crippen molar-refractivity contribution in [2.24, 2.45) is 5.73 Å². The zero-order chi connectivity index (χ0) is 10.6. The van der Waals surface area contributed by atoms with Gasteiger partial charge in [-0.25, -0.2) is 0 Å². The first kappa shape index (κ1) is 10.6. The van der Waals surface area contributed by atoms with Gasteiger partial charge in [-0.05, 0) is 30.7 Å². The zero-order valence-electron chi connectivity index (χ0n) is 8.23. The van der Waals surface area contributed by atoms with Crippen LogP contribution in [0.2, 0.25) is 0 Å². The van der Waals surface area contributed by atoms with Crippen LogP contribution in [-0.2, 0) is 11.2 Å². The SMILES string of the molecule is C=CC(=O)Cc1cc(C(C)N)ccn1. The average Bonchev–Trinajstić information content (AvgIpc) is 2.18. The molecule has 0 saturated heterocycles. The van der Waals surface area contributed by atoms with E-state index >= 15 is 0 Å². The van der Waals surface area contributed by atoms with Gasteiger partial charge in [-0.3, -0.25) is 9.78 Å². The van der Waals surface area contributed by atoms with Crippen LogP contribution >= 0.6 is 0 Å². The molecule has 0 bridgehead atoms. The molecule has 1 aromatic heterocycles. The number of carbonyl (C=O) groups excluding carboxylic acids is 1. The summed E-state index contributed by atoms with van der Waals surface area (Å²) in [7, 11) is 0. The molecule has 0 aliphatic carbocycles. The smallest absolute Gasteiger partial charge is 0.161 e. The Hall–Kier alpha value is -1.48. The second kappa shape index (κ2) is 4.67. The van der Waals surface area contributed by atoms with E-state index in [9.17, 15) is 4.79 Å². The predicted octanol–water partition coefficient (Wildman–Crippen LogP) is 1.40. The number of nitrogens with zero attached hydrogens (tertiary/aromatic N) is 1. The molecule has 0 fully saturated rings. The molecule has 0 spiro atoms. The van der Waals surface area contributed by atoms with Crippen LogP contribution in [-0.4, -0.2) is 10.8 Å². The highest BCUT2D eigenvalue weighted by Gasteiger charge is 2.04. The van der Waals surface area contributed by atoms with E-state index in [1.807, 2.05) is 19.1 Å². The molecule has 0 aliphatic rings. The Morgan fingerprint density at radius 2 is 2.50 bits per heavy atom. The Labute approximate surface area is 83.7 Å². The van der Waals surface area contributed by atoms with Crippen LogP contribution in [0.3, 0.4) is 0 Å². The molecule has 1 aromatic rings. The molecule has 3 nitrogen and oxygen atoms in total. The number of hydrogen-bond donors (Lipinski definition) is 1. The maximum absolute atomic E-state index is 11.1. The van der Waals surface area contributed by atoms with Gasteiger partial charge < -0.3 is 5.73 Å². The van der Waals surface area contributed by atoms with Gasteiger partial charge in [0.15, 0.2) is 5.78 Å². The Bertz CT molecular complexity index is 345. The van der Waals surface area contributed by atoms with Crippen LogP contribution in [0.15, 0.2) is 31.0 Å². The summed E-state index contributed by atoms with van der Waals surface area (Å²) in [6.07, 6.45) is 3.27. The van der Waals surface area contributed by atoms with Gasteiger partial charge in [-0.15, -0.1) is 0 Å². The van der Waals surface area contributed by atoms with Crippen molar-refractivity contribution in [1.82, 2.24) is 4.98 Å². The number of rotatable bonds is 4. The lowest BCUT2D eigenvalue weighted by atomic mass is 10.1.